The summed E-state index contributed by atoms with van der Waals surface area (Å²) in [6, 6.07) is 8.64. The maximum Gasteiger partial charge on any atom is 0.277 e. The van der Waals surface area contributed by atoms with Gasteiger partial charge in [0, 0.05) is 18.3 Å². The average molecular weight is 368 g/mol. The largest absolute Gasteiger partial charge is 0.328 e. The molecule has 144 valence electrons. The van der Waals surface area contributed by atoms with Crippen molar-refractivity contribution >= 4 is 11.6 Å². The minimum atomic E-state index is -0.216. The predicted octanol–water partition coefficient (Wildman–Crippen LogP) is 2.57. The van der Waals surface area contributed by atoms with Crippen LogP contribution in [0.1, 0.15) is 60.6 Å². The van der Waals surface area contributed by atoms with Gasteiger partial charge in [0.2, 0.25) is 0 Å². The average Bonchev–Trinajstić information content (AvgIpc) is 3.35. The third-order valence-corrected chi connectivity index (χ3v) is 5.65. The van der Waals surface area contributed by atoms with Gasteiger partial charge in [-0.3, -0.25) is 9.69 Å². The van der Waals surface area contributed by atoms with Crippen LogP contribution in [0, 0.1) is 0 Å². The van der Waals surface area contributed by atoms with Crippen molar-refractivity contribution in [2.75, 3.05) is 18.4 Å². The number of nitrogens with zero attached hydrogens (tertiary/aromatic N) is 4. The van der Waals surface area contributed by atoms with Crippen LogP contribution in [0.4, 0.5) is 5.69 Å². The van der Waals surface area contributed by atoms with Crippen molar-refractivity contribution < 1.29 is 4.79 Å². The first-order valence-corrected chi connectivity index (χ1v) is 9.97. The molecule has 3 N–H and O–H groups in total. The van der Waals surface area contributed by atoms with Gasteiger partial charge in [-0.2, -0.15) is 0 Å². The zero-order chi connectivity index (χ0) is 18.6. The van der Waals surface area contributed by atoms with Crippen LogP contribution in [-0.2, 0) is 6.54 Å². The summed E-state index contributed by atoms with van der Waals surface area (Å²) >= 11 is 0. The van der Waals surface area contributed by atoms with Crippen LogP contribution >= 0.6 is 0 Å². The fraction of sp³-hybridized carbons (Fsp3) is 0.550. The summed E-state index contributed by atoms with van der Waals surface area (Å²) in [5.74, 6) is -0.216. The molecule has 1 amide bonds. The molecule has 1 aromatic heterocycles. The van der Waals surface area contributed by atoms with E-state index >= 15 is 0 Å². The van der Waals surface area contributed by atoms with Crippen molar-refractivity contribution in [3.63, 3.8) is 0 Å². The Labute approximate surface area is 159 Å². The highest BCUT2D eigenvalue weighted by Crippen LogP contribution is 2.27. The lowest BCUT2D eigenvalue weighted by molar-refractivity contribution is 0.102. The Hall–Kier alpha value is -2.25. The quantitative estimate of drug-likeness (QED) is 0.847. The lowest BCUT2D eigenvalue weighted by Gasteiger charge is -2.25. The number of likely N-dealkylation sites (tertiary alicyclic amines) is 1. The van der Waals surface area contributed by atoms with E-state index in [0.29, 0.717) is 17.8 Å². The number of hydrogen-bond donors (Lipinski definition) is 2. The molecule has 0 bridgehead atoms. The summed E-state index contributed by atoms with van der Waals surface area (Å²) in [7, 11) is 0. The van der Waals surface area contributed by atoms with E-state index in [4.69, 9.17) is 5.73 Å². The third kappa shape index (κ3) is 4.54. The Balaban J connectivity index is 1.37. The van der Waals surface area contributed by atoms with Crippen LogP contribution in [-0.4, -0.2) is 44.9 Å². The third-order valence-electron chi connectivity index (χ3n) is 5.65. The van der Waals surface area contributed by atoms with Gasteiger partial charge in [-0.25, -0.2) is 4.68 Å². The molecule has 2 aliphatic rings. The molecule has 0 atom stereocenters. The van der Waals surface area contributed by atoms with Crippen LogP contribution in [0.15, 0.2) is 30.5 Å². The van der Waals surface area contributed by atoms with Crippen molar-refractivity contribution in [2.24, 2.45) is 5.73 Å². The molecule has 0 spiro atoms. The van der Waals surface area contributed by atoms with Crippen LogP contribution < -0.4 is 11.1 Å². The van der Waals surface area contributed by atoms with Gasteiger partial charge in [0.25, 0.3) is 5.91 Å². The molecule has 0 radical (unpaired) electrons. The number of rotatable bonds is 5. The number of benzene rings is 1. The monoisotopic (exact) mass is 368 g/mol. The Morgan fingerprint density at radius 1 is 1.19 bits per heavy atom. The summed E-state index contributed by atoms with van der Waals surface area (Å²) in [6.45, 7) is 3.25. The maximum absolute atomic E-state index is 12.6. The van der Waals surface area contributed by atoms with E-state index in [0.717, 1.165) is 51.0 Å². The van der Waals surface area contributed by atoms with Gasteiger partial charge in [0.1, 0.15) is 0 Å². The fourth-order valence-electron chi connectivity index (χ4n) is 4.07. The van der Waals surface area contributed by atoms with E-state index in [-0.39, 0.29) is 5.91 Å². The van der Waals surface area contributed by atoms with E-state index in [9.17, 15) is 4.79 Å². The first-order valence-electron chi connectivity index (χ1n) is 9.97. The number of nitrogens with two attached hydrogens (primary N) is 1. The number of carbonyl (C=O) groups excluding carboxylic acids is 1. The van der Waals surface area contributed by atoms with E-state index in [1.807, 2.05) is 22.9 Å². The molecule has 7 nitrogen and oxygen atoms in total. The summed E-state index contributed by atoms with van der Waals surface area (Å²) in [5.41, 5.74) is 8.34. The van der Waals surface area contributed by atoms with Gasteiger partial charge in [-0.15, -0.1) is 5.10 Å². The molecular weight excluding hydrogens is 340 g/mol. The van der Waals surface area contributed by atoms with Gasteiger partial charge in [0.15, 0.2) is 5.69 Å². The van der Waals surface area contributed by atoms with E-state index < -0.39 is 0 Å². The highest BCUT2D eigenvalue weighted by molar-refractivity contribution is 6.02. The standard InChI is InChI=1S/C20H28N6O/c21-16-6-8-18(9-7-16)26-14-19(23-24-26)20(27)22-17-5-3-4-15(12-17)13-25-10-1-2-11-25/h3-5,12,14,16,18H,1-2,6-11,13,21H2,(H,22,27). The van der Waals surface area contributed by atoms with Crippen molar-refractivity contribution in [1.29, 1.82) is 0 Å². The van der Waals surface area contributed by atoms with Crippen LogP contribution in [0.3, 0.4) is 0 Å². The van der Waals surface area contributed by atoms with E-state index in [1.165, 1.54) is 18.4 Å². The van der Waals surface area contributed by atoms with Gasteiger partial charge < -0.3 is 11.1 Å². The molecular formula is C20H28N6O. The topological polar surface area (TPSA) is 89.1 Å². The summed E-state index contributed by atoms with van der Waals surface area (Å²) in [5, 5.41) is 11.2. The first-order chi connectivity index (χ1) is 13.2. The minimum Gasteiger partial charge on any atom is -0.328 e. The summed E-state index contributed by atoms with van der Waals surface area (Å²) in [4.78, 5) is 15.0. The minimum absolute atomic E-state index is 0.216. The smallest absolute Gasteiger partial charge is 0.277 e. The molecule has 1 aromatic carbocycles. The molecule has 2 aromatic rings. The lowest BCUT2D eigenvalue weighted by atomic mass is 9.92. The molecule has 2 fully saturated rings. The molecule has 7 heteroatoms. The molecule has 4 rings (SSSR count). The van der Waals surface area contributed by atoms with Crippen molar-refractivity contribution in [1.82, 2.24) is 19.9 Å². The number of anilines is 1. The first kappa shape index (κ1) is 18.1. The highest BCUT2D eigenvalue weighted by Gasteiger charge is 2.22. The number of nitrogens with one attached hydrogen (secondary N) is 1. The molecule has 2 heterocycles. The highest BCUT2D eigenvalue weighted by atomic mass is 16.2. The fourth-order valence-corrected chi connectivity index (χ4v) is 4.07. The summed E-state index contributed by atoms with van der Waals surface area (Å²) in [6.07, 6.45) is 8.28. The van der Waals surface area contributed by atoms with Gasteiger partial charge in [0.05, 0.1) is 12.2 Å². The zero-order valence-electron chi connectivity index (χ0n) is 15.7. The normalized spacial score (nSPS) is 23.4. The van der Waals surface area contributed by atoms with E-state index in [1.54, 1.807) is 6.20 Å². The molecule has 1 saturated carbocycles. The van der Waals surface area contributed by atoms with Crippen LogP contribution in [0.2, 0.25) is 0 Å². The van der Waals surface area contributed by atoms with Crippen LogP contribution in [0.25, 0.3) is 0 Å². The Morgan fingerprint density at radius 3 is 2.74 bits per heavy atom. The number of carbonyl (C=O) groups is 1. The van der Waals surface area contributed by atoms with Gasteiger partial charge >= 0.3 is 0 Å². The van der Waals surface area contributed by atoms with Crippen LogP contribution in [0.5, 0.6) is 0 Å². The van der Waals surface area contributed by atoms with Crippen molar-refractivity contribution in [3.05, 3.63) is 41.7 Å². The maximum atomic E-state index is 12.6. The lowest BCUT2D eigenvalue weighted by Crippen LogP contribution is -2.28. The second kappa shape index (κ2) is 8.19. The van der Waals surface area contributed by atoms with Gasteiger partial charge in [-0.1, -0.05) is 17.3 Å². The number of aromatic nitrogens is 3. The summed E-state index contributed by atoms with van der Waals surface area (Å²) < 4.78 is 1.82. The molecule has 0 unspecified atom stereocenters. The number of hydrogen-bond acceptors (Lipinski definition) is 5. The Bertz CT molecular complexity index is 774. The second-order valence-corrected chi connectivity index (χ2v) is 7.79. The molecule has 1 aliphatic heterocycles. The predicted molar refractivity (Wildman–Crippen MR) is 104 cm³/mol. The van der Waals surface area contributed by atoms with E-state index in [2.05, 4.69) is 26.6 Å². The SMILES string of the molecule is NC1CCC(n2cc(C(=O)Nc3cccc(CN4CCCC4)c3)nn2)CC1. The zero-order valence-corrected chi connectivity index (χ0v) is 15.7. The molecule has 1 saturated heterocycles. The Morgan fingerprint density at radius 2 is 1.96 bits per heavy atom. The second-order valence-electron chi connectivity index (χ2n) is 7.79. The van der Waals surface area contributed by atoms with Crippen molar-refractivity contribution in [3.8, 4) is 0 Å². The number of amides is 1. The van der Waals surface area contributed by atoms with Crippen molar-refractivity contribution in [2.45, 2.75) is 57.2 Å². The van der Waals surface area contributed by atoms with Gasteiger partial charge in [-0.05, 0) is 69.3 Å². The molecule has 27 heavy (non-hydrogen) atoms. The Kier molecular flexibility index (Phi) is 5.50. The molecule has 1 aliphatic carbocycles.